The van der Waals surface area contributed by atoms with Crippen LogP contribution in [0.25, 0.3) is 0 Å². The third kappa shape index (κ3) is 4.46. The molecule has 2 nitrogen and oxygen atoms in total. The topological polar surface area (TPSA) is 20.3 Å². The lowest BCUT2D eigenvalue weighted by Crippen LogP contribution is -2.42. The van der Waals surface area contributed by atoms with Gasteiger partial charge in [0.25, 0.3) is 0 Å². The molecule has 1 rings (SSSR count). The fourth-order valence-corrected chi connectivity index (χ4v) is 2.55. The number of benzene rings is 1. The third-order valence-corrected chi connectivity index (χ3v) is 3.84. The maximum atomic E-state index is 11.6. The first-order valence-electron chi connectivity index (χ1n) is 7.11. The molecule has 0 aliphatic carbocycles. The van der Waals surface area contributed by atoms with Crippen molar-refractivity contribution < 1.29 is 4.79 Å². The molecule has 0 aromatic heterocycles. The van der Waals surface area contributed by atoms with Crippen molar-refractivity contribution in [1.29, 1.82) is 0 Å². The van der Waals surface area contributed by atoms with E-state index in [1.165, 1.54) is 0 Å². The number of hydrogen-bond donors (Lipinski definition) is 0. The zero-order valence-electron chi connectivity index (χ0n) is 12.9. The van der Waals surface area contributed by atoms with Crippen molar-refractivity contribution in [3.8, 4) is 0 Å². The third-order valence-electron chi connectivity index (χ3n) is 3.84. The second-order valence-corrected chi connectivity index (χ2v) is 6.30. The summed E-state index contributed by atoms with van der Waals surface area (Å²) < 4.78 is 0. The molecule has 0 N–H and O–H groups in total. The molecule has 0 saturated heterocycles. The molecule has 0 bridgehead atoms. The fraction of sp³-hybridized carbons (Fsp3) is 0.588. The second kappa shape index (κ2) is 6.85. The van der Waals surface area contributed by atoms with Crippen molar-refractivity contribution >= 4 is 6.29 Å². The van der Waals surface area contributed by atoms with Crippen LogP contribution in [0.5, 0.6) is 0 Å². The number of likely N-dealkylation sites (N-methyl/N-ethyl adjacent to an activating group) is 1. The number of nitrogens with zero attached hydrogens (tertiary/aromatic N) is 1. The first-order valence-corrected chi connectivity index (χ1v) is 7.11. The van der Waals surface area contributed by atoms with Crippen LogP contribution in [0, 0.1) is 5.92 Å². The minimum atomic E-state index is -0.429. The number of carbonyl (C=O) groups is 1. The number of hydrogen-bond acceptors (Lipinski definition) is 2. The molecular weight excluding hydrogens is 234 g/mol. The Balaban J connectivity index is 2.79. The smallest absolute Gasteiger partial charge is 0.131 e. The van der Waals surface area contributed by atoms with E-state index in [0.29, 0.717) is 12.0 Å². The van der Waals surface area contributed by atoms with E-state index >= 15 is 0 Å². The highest BCUT2D eigenvalue weighted by molar-refractivity contribution is 5.68. The van der Waals surface area contributed by atoms with Crippen LogP contribution < -0.4 is 0 Å². The highest BCUT2D eigenvalue weighted by atomic mass is 16.1. The minimum Gasteiger partial charge on any atom is -0.302 e. The second-order valence-electron chi connectivity index (χ2n) is 6.30. The summed E-state index contributed by atoms with van der Waals surface area (Å²) in [6, 6.07) is 10.5. The molecule has 0 aliphatic rings. The van der Waals surface area contributed by atoms with Crippen LogP contribution in [-0.4, -0.2) is 30.8 Å². The highest BCUT2D eigenvalue weighted by Crippen LogP contribution is 2.24. The van der Waals surface area contributed by atoms with Gasteiger partial charge in [-0.05, 0) is 38.8 Å². The Bertz CT molecular complexity index is 388. The van der Waals surface area contributed by atoms with Crippen LogP contribution >= 0.6 is 0 Å². The summed E-state index contributed by atoms with van der Waals surface area (Å²) in [5, 5.41) is 0. The Kier molecular flexibility index (Phi) is 5.74. The minimum absolute atomic E-state index is 0.429. The van der Waals surface area contributed by atoms with Gasteiger partial charge in [-0.25, -0.2) is 0 Å². The number of carbonyl (C=O) groups excluding carboxylic acids is 1. The molecule has 2 heteroatoms. The summed E-state index contributed by atoms with van der Waals surface area (Å²) in [7, 11) is 2.11. The van der Waals surface area contributed by atoms with Gasteiger partial charge < -0.3 is 9.69 Å². The predicted octanol–water partition coefficient (Wildman–Crippen LogP) is 3.51. The largest absolute Gasteiger partial charge is 0.302 e. The van der Waals surface area contributed by atoms with Gasteiger partial charge >= 0.3 is 0 Å². The molecule has 0 amide bonds. The predicted molar refractivity (Wildman–Crippen MR) is 81.4 cm³/mol. The summed E-state index contributed by atoms with van der Waals surface area (Å²) in [5.41, 5.74) is 0.662. The molecule has 2 atom stereocenters. The lowest BCUT2D eigenvalue weighted by molar-refractivity contribution is -0.112. The van der Waals surface area contributed by atoms with Gasteiger partial charge in [-0.1, -0.05) is 44.2 Å². The van der Waals surface area contributed by atoms with Crippen molar-refractivity contribution in [1.82, 2.24) is 4.90 Å². The Hall–Kier alpha value is -1.15. The SMILES string of the molecule is CC(C)CC(C)N(C)CC(C)(C=O)c1ccccc1. The van der Waals surface area contributed by atoms with Crippen LogP contribution in [-0.2, 0) is 10.2 Å². The van der Waals surface area contributed by atoms with Gasteiger partial charge in [0.2, 0.25) is 0 Å². The molecule has 0 aliphatic heterocycles. The van der Waals surface area contributed by atoms with Crippen molar-refractivity contribution in [3.63, 3.8) is 0 Å². The summed E-state index contributed by atoms with van der Waals surface area (Å²) in [6.45, 7) is 9.49. The average Bonchev–Trinajstić information content (AvgIpc) is 2.38. The fourth-order valence-electron chi connectivity index (χ4n) is 2.55. The highest BCUT2D eigenvalue weighted by Gasteiger charge is 2.29. The molecule has 1 aromatic carbocycles. The molecule has 0 spiro atoms. The van der Waals surface area contributed by atoms with Gasteiger partial charge in [-0.15, -0.1) is 0 Å². The summed E-state index contributed by atoms with van der Waals surface area (Å²) in [4.78, 5) is 13.9. The monoisotopic (exact) mass is 261 g/mol. The molecule has 0 heterocycles. The van der Waals surface area contributed by atoms with E-state index in [1.54, 1.807) is 0 Å². The van der Waals surface area contributed by atoms with Crippen LogP contribution in [0.15, 0.2) is 30.3 Å². The Morgan fingerprint density at radius 3 is 2.26 bits per heavy atom. The van der Waals surface area contributed by atoms with E-state index in [9.17, 15) is 4.79 Å². The van der Waals surface area contributed by atoms with Gasteiger partial charge in [0.15, 0.2) is 0 Å². The average molecular weight is 261 g/mol. The standard InChI is InChI=1S/C17H27NO/c1-14(2)11-15(3)18(5)12-17(4,13-19)16-9-7-6-8-10-16/h6-10,13-15H,11-12H2,1-5H3. The molecule has 19 heavy (non-hydrogen) atoms. The Morgan fingerprint density at radius 1 is 1.21 bits per heavy atom. The summed E-state index contributed by atoms with van der Waals surface area (Å²) in [6.07, 6.45) is 2.24. The van der Waals surface area contributed by atoms with Crippen molar-refractivity contribution in [3.05, 3.63) is 35.9 Å². The number of aldehydes is 1. The first-order chi connectivity index (χ1) is 8.89. The van der Waals surface area contributed by atoms with Crippen molar-refractivity contribution in [2.45, 2.75) is 45.6 Å². The molecule has 1 aromatic rings. The van der Waals surface area contributed by atoms with Gasteiger partial charge in [0.1, 0.15) is 6.29 Å². The van der Waals surface area contributed by atoms with E-state index in [0.717, 1.165) is 24.8 Å². The lowest BCUT2D eigenvalue weighted by atomic mass is 9.83. The van der Waals surface area contributed by atoms with Crippen LogP contribution in [0.4, 0.5) is 0 Å². The van der Waals surface area contributed by atoms with E-state index in [2.05, 4.69) is 32.7 Å². The maximum absolute atomic E-state index is 11.6. The quantitative estimate of drug-likeness (QED) is 0.700. The number of rotatable bonds is 7. The van der Waals surface area contributed by atoms with Gasteiger partial charge in [0.05, 0.1) is 5.41 Å². The van der Waals surface area contributed by atoms with Gasteiger partial charge in [-0.2, -0.15) is 0 Å². The van der Waals surface area contributed by atoms with E-state index in [4.69, 9.17) is 0 Å². The van der Waals surface area contributed by atoms with E-state index in [1.807, 2.05) is 37.3 Å². The zero-order chi connectivity index (χ0) is 14.5. The molecule has 106 valence electrons. The van der Waals surface area contributed by atoms with Gasteiger partial charge in [-0.3, -0.25) is 0 Å². The van der Waals surface area contributed by atoms with E-state index < -0.39 is 5.41 Å². The maximum Gasteiger partial charge on any atom is 0.131 e. The summed E-state index contributed by atoms with van der Waals surface area (Å²) in [5.74, 6) is 0.677. The van der Waals surface area contributed by atoms with Crippen LogP contribution in [0.2, 0.25) is 0 Å². The molecular formula is C17H27NO. The van der Waals surface area contributed by atoms with Crippen molar-refractivity contribution in [2.75, 3.05) is 13.6 Å². The lowest BCUT2D eigenvalue weighted by Gasteiger charge is -2.34. The van der Waals surface area contributed by atoms with Crippen molar-refractivity contribution in [2.24, 2.45) is 5.92 Å². The molecule has 0 saturated carbocycles. The Labute approximate surface area is 117 Å². The first kappa shape index (κ1) is 15.9. The normalized spacial score (nSPS) is 16.4. The molecule has 0 fully saturated rings. The van der Waals surface area contributed by atoms with E-state index in [-0.39, 0.29) is 0 Å². The zero-order valence-corrected chi connectivity index (χ0v) is 12.9. The molecule has 2 unspecified atom stereocenters. The Morgan fingerprint density at radius 2 is 1.79 bits per heavy atom. The summed E-state index contributed by atoms with van der Waals surface area (Å²) >= 11 is 0. The molecule has 0 radical (unpaired) electrons. The van der Waals surface area contributed by atoms with Gasteiger partial charge in [0, 0.05) is 12.6 Å². The van der Waals surface area contributed by atoms with Crippen LogP contribution in [0.1, 0.15) is 39.7 Å². The van der Waals surface area contributed by atoms with Crippen LogP contribution in [0.3, 0.4) is 0 Å².